The molecule has 1 aromatic rings. The molecule has 1 fully saturated rings. The number of thioether (sulfide) groups is 1. The summed E-state index contributed by atoms with van der Waals surface area (Å²) in [4.78, 5) is 1.43. The Morgan fingerprint density at radius 2 is 1.90 bits per heavy atom. The van der Waals surface area contributed by atoms with Crippen molar-refractivity contribution in [3.63, 3.8) is 0 Å². The molecular weight excluding hydrogens is 278 g/mol. The zero-order chi connectivity index (χ0) is 14.9. The minimum absolute atomic E-state index is 0.410. The summed E-state index contributed by atoms with van der Waals surface area (Å²) in [5.74, 6) is 1.76. The molecule has 1 heterocycles. The van der Waals surface area contributed by atoms with Crippen molar-refractivity contribution >= 4 is 11.8 Å². The quantitative estimate of drug-likeness (QED) is 0.887. The Bertz CT molecular complexity index is 490. The summed E-state index contributed by atoms with van der Waals surface area (Å²) < 4.78 is 0. The SMILES string of the molecule is CC1(C)CCC(O)(CNCC2CSc3ccccc32)CC1. The van der Waals surface area contributed by atoms with Crippen molar-refractivity contribution in [1.82, 2.24) is 5.32 Å². The van der Waals surface area contributed by atoms with Gasteiger partial charge in [0.15, 0.2) is 0 Å². The average Bonchev–Trinajstić information content (AvgIpc) is 2.87. The van der Waals surface area contributed by atoms with E-state index in [1.807, 2.05) is 11.8 Å². The maximum absolute atomic E-state index is 10.7. The topological polar surface area (TPSA) is 32.3 Å². The molecule has 1 aromatic carbocycles. The third kappa shape index (κ3) is 3.64. The summed E-state index contributed by atoms with van der Waals surface area (Å²) >= 11 is 1.96. The summed E-state index contributed by atoms with van der Waals surface area (Å²) in [5.41, 5.74) is 1.40. The second kappa shape index (κ2) is 5.94. The highest BCUT2D eigenvalue weighted by Crippen LogP contribution is 2.41. The lowest BCUT2D eigenvalue weighted by atomic mass is 9.71. The first-order valence-corrected chi connectivity index (χ1v) is 9.11. The van der Waals surface area contributed by atoms with Crippen LogP contribution in [0, 0.1) is 5.41 Å². The van der Waals surface area contributed by atoms with Gasteiger partial charge in [0.2, 0.25) is 0 Å². The number of fused-ring (bicyclic) bond motifs is 1. The maximum atomic E-state index is 10.7. The van der Waals surface area contributed by atoms with E-state index in [2.05, 4.69) is 43.4 Å². The van der Waals surface area contributed by atoms with E-state index in [-0.39, 0.29) is 0 Å². The molecule has 1 unspecified atom stereocenters. The molecule has 3 heteroatoms. The molecule has 0 spiro atoms. The van der Waals surface area contributed by atoms with Crippen molar-refractivity contribution in [2.75, 3.05) is 18.8 Å². The fraction of sp³-hybridized carbons (Fsp3) is 0.667. The second-order valence-corrected chi connectivity index (χ2v) is 8.63. The van der Waals surface area contributed by atoms with Crippen LogP contribution in [0.3, 0.4) is 0 Å². The second-order valence-electron chi connectivity index (χ2n) is 7.57. The highest BCUT2D eigenvalue weighted by atomic mass is 32.2. The fourth-order valence-corrected chi connectivity index (χ4v) is 4.70. The van der Waals surface area contributed by atoms with Crippen molar-refractivity contribution in [3.05, 3.63) is 29.8 Å². The van der Waals surface area contributed by atoms with Crippen molar-refractivity contribution in [1.29, 1.82) is 0 Å². The van der Waals surface area contributed by atoms with Crippen LogP contribution < -0.4 is 5.32 Å². The molecule has 21 heavy (non-hydrogen) atoms. The predicted octanol–water partition coefficient (Wildman–Crippen LogP) is 3.80. The lowest BCUT2D eigenvalue weighted by Crippen LogP contribution is -2.45. The van der Waals surface area contributed by atoms with Crippen LogP contribution in [0.25, 0.3) is 0 Å². The summed E-state index contributed by atoms with van der Waals surface area (Å²) in [6.07, 6.45) is 4.13. The smallest absolute Gasteiger partial charge is 0.0772 e. The van der Waals surface area contributed by atoms with E-state index < -0.39 is 5.60 Å². The van der Waals surface area contributed by atoms with Crippen LogP contribution in [-0.2, 0) is 0 Å². The van der Waals surface area contributed by atoms with Crippen LogP contribution in [0.1, 0.15) is 51.0 Å². The average molecular weight is 305 g/mol. The van der Waals surface area contributed by atoms with E-state index in [4.69, 9.17) is 0 Å². The molecule has 2 N–H and O–H groups in total. The lowest BCUT2D eigenvalue weighted by molar-refractivity contribution is -0.0243. The monoisotopic (exact) mass is 305 g/mol. The van der Waals surface area contributed by atoms with Gasteiger partial charge in [0.25, 0.3) is 0 Å². The van der Waals surface area contributed by atoms with Gasteiger partial charge in [-0.05, 0) is 42.7 Å². The normalized spacial score (nSPS) is 26.5. The third-order valence-corrected chi connectivity index (χ3v) is 6.43. The number of benzene rings is 1. The van der Waals surface area contributed by atoms with Gasteiger partial charge in [-0.1, -0.05) is 32.0 Å². The summed E-state index contributed by atoms with van der Waals surface area (Å²) in [6.45, 7) is 6.35. The minimum Gasteiger partial charge on any atom is -0.389 e. The molecule has 0 saturated heterocycles. The third-order valence-electron chi connectivity index (χ3n) is 5.18. The minimum atomic E-state index is -0.485. The van der Waals surface area contributed by atoms with Gasteiger partial charge in [0.1, 0.15) is 0 Å². The summed E-state index contributed by atoms with van der Waals surface area (Å²) in [5, 5.41) is 14.2. The van der Waals surface area contributed by atoms with Gasteiger partial charge in [-0.2, -0.15) is 0 Å². The fourth-order valence-electron chi connectivity index (χ4n) is 3.45. The predicted molar refractivity (Wildman–Crippen MR) is 90.0 cm³/mol. The maximum Gasteiger partial charge on any atom is 0.0772 e. The van der Waals surface area contributed by atoms with Gasteiger partial charge in [-0.3, -0.25) is 0 Å². The van der Waals surface area contributed by atoms with E-state index in [9.17, 15) is 5.11 Å². The van der Waals surface area contributed by atoms with Crippen LogP contribution in [0.15, 0.2) is 29.2 Å². The van der Waals surface area contributed by atoms with E-state index in [1.165, 1.54) is 10.5 Å². The zero-order valence-electron chi connectivity index (χ0n) is 13.2. The number of rotatable bonds is 4. The van der Waals surface area contributed by atoms with Gasteiger partial charge >= 0.3 is 0 Å². The Labute approximate surface area is 132 Å². The van der Waals surface area contributed by atoms with Gasteiger partial charge in [0, 0.05) is 29.7 Å². The molecule has 3 rings (SSSR count). The van der Waals surface area contributed by atoms with Gasteiger partial charge in [0.05, 0.1) is 5.60 Å². The first-order valence-electron chi connectivity index (χ1n) is 8.12. The van der Waals surface area contributed by atoms with Crippen molar-refractivity contribution < 1.29 is 5.11 Å². The zero-order valence-corrected chi connectivity index (χ0v) is 14.0. The van der Waals surface area contributed by atoms with Gasteiger partial charge in [-0.15, -0.1) is 11.8 Å². The van der Waals surface area contributed by atoms with Crippen molar-refractivity contribution in [2.45, 2.75) is 55.9 Å². The number of hydrogen-bond acceptors (Lipinski definition) is 3. The Morgan fingerprint density at radius 3 is 2.67 bits per heavy atom. The van der Waals surface area contributed by atoms with E-state index >= 15 is 0 Å². The molecule has 1 aliphatic heterocycles. The van der Waals surface area contributed by atoms with Gasteiger partial charge < -0.3 is 10.4 Å². The molecule has 0 bridgehead atoms. The molecule has 1 atom stereocenters. The summed E-state index contributed by atoms with van der Waals surface area (Å²) in [6, 6.07) is 8.72. The van der Waals surface area contributed by atoms with Crippen molar-refractivity contribution in [3.8, 4) is 0 Å². The lowest BCUT2D eigenvalue weighted by Gasteiger charge is -2.40. The van der Waals surface area contributed by atoms with Crippen LogP contribution in [0.5, 0.6) is 0 Å². The molecule has 116 valence electrons. The standard InChI is InChI=1S/C18H27NOS/c1-17(2)7-9-18(20,10-8-17)13-19-11-14-12-21-16-6-4-3-5-15(14)16/h3-6,14,19-20H,7-13H2,1-2H3. The van der Waals surface area contributed by atoms with Crippen LogP contribution >= 0.6 is 11.8 Å². The Kier molecular flexibility index (Phi) is 4.35. The summed E-state index contributed by atoms with van der Waals surface area (Å²) in [7, 11) is 0. The Hall–Kier alpha value is -0.510. The number of hydrogen-bond donors (Lipinski definition) is 2. The van der Waals surface area contributed by atoms with E-state index in [0.29, 0.717) is 11.3 Å². The first kappa shape index (κ1) is 15.4. The number of aliphatic hydroxyl groups is 1. The van der Waals surface area contributed by atoms with Crippen LogP contribution in [-0.4, -0.2) is 29.5 Å². The van der Waals surface area contributed by atoms with Crippen LogP contribution in [0.2, 0.25) is 0 Å². The largest absolute Gasteiger partial charge is 0.389 e. The highest BCUT2D eigenvalue weighted by Gasteiger charge is 2.36. The molecule has 2 aliphatic rings. The molecule has 2 nitrogen and oxygen atoms in total. The van der Waals surface area contributed by atoms with Crippen molar-refractivity contribution in [2.24, 2.45) is 5.41 Å². The van der Waals surface area contributed by atoms with Gasteiger partial charge in [-0.25, -0.2) is 0 Å². The first-order chi connectivity index (χ1) is 9.98. The Balaban J connectivity index is 1.49. The highest BCUT2D eigenvalue weighted by molar-refractivity contribution is 7.99. The molecule has 0 aromatic heterocycles. The van der Waals surface area contributed by atoms with Crippen LogP contribution in [0.4, 0.5) is 0 Å². The molecule has 1 saturated carbocycles. The van der Waals surface area contributed by atoms with E-state index in [1.54, 1.807) is 0 Å². The molecule has 0 radical (unpaired) electrons. The molecule has 1 aliphatic carbocycles. The molecular formula is C18H27NOS. The Morgan fingerprint density at radius 1 is 1.19 bits per heavy atom. The molecule has 0 amide bonds. The van der Waals surface area contributed by atoms with E-state index in [0.717, 1.165) is 44.5 Å². The number of nitrogens with one attached hydrogen (secondary N) is 1.